The largest absolute Gasteiger partial charge is 0.383 e. The summed E-state index contributed by atoms with van der Waals surface area (Å²) in [6.45, 7) is 12.0. The molecule has 1 saturated heterocycles. The lowest BCUT2D eigenvalue weighted by Gasteiger charge is -2.29. The number of likely N-dealkylation sites (tertiary alicyclic amines) is 1. The fourth-order valence-electron chi connectivity index (χ4n) is 4.30. The summed E-state index contributed by atoms with van der Waals surface area (Å²) in [7, 11) is 1.68. The Morgan fingerprint density at radius 2 is 2.16 bits per heavy atom. The predicted molar refractivity (Wildman–Crippen MR) is 129 cm³/mol. The topological polar surface area (TPSA) is 83.2 Å². The highest BCUT2D eigenvalue weighted by Crippen LogP contribution is 2.24. The van der Waals surface area contributed by atoms with Crippen LogP contribution in [0.15, 0.2) is 17.0 Å². The Morgan fingerprint density at radius 3 is 2.81 bits per heavy atom. The molecular formula is C24H33N5O2S. The maximum atomic E-state index is 12.8. The zero-order valence-electron chi connectivity index (χ0n) is 19.6. The van der Waals surface area contributed by atoms with Crippen molar-refractivity contribution in [3.63, 3.8) is 0 Å². The van der Waals surface area contributed by atoms with Gasteiger partial charge in [0.1, 0.15) is 11.6 Å². The molecule has 32 heavy (non-hydrogen) atoms. The standard InChI is InChI=1S/C24H33N5O2S/c1-16-6-8-28(9-7-16)13-22-15-32-24(26-22)27-23(30)21(12-25)11-20-10-17(2)29(19(20)4)18(3)14-31-5/h10-11,15-16,18H,6-9,13-14H2,1-5H3,(H,26,27,30)/b21-11+. The molecule has 172 valence electrons. The number of nitriles is 1. The summed E-state index contributed by atoms with van der Waals surface area (Å²) in [5.74, 6) is 0.357. The molecule has 7 nitrogen and oxygen atoms in total. The number of thiazole rings is 1. The van der Waals surface area contributed by atoms with Crippen LogP contribution in [0.1, 0.15) is 55.4 Å². The number of rotatable bonds is 8. The monoisotopic (exact) mass is 455 g/mol. The lowest BCUT2D eigenvalue weighted by atomic mass is 9.99. The molecule has 0 spiro atoms. The average Bonchev–Trinajstić information content (AvgIpc) is 3.30. The number of anilines is 1. The molecule has 3 rings (SSSR count). The number of nitrogens with one attached hydrogen (secondary N) is 1. The van der Waals surface area contributed by atoms with Crippen molar-refractivity contribution >= 4 is 28.5 Å². The molecule has 0 radical (unpaired) electrons. The smallest absolute Gasteiger partial charge is 0.268 e. The number of hydrogen-bond donors (Lipinski definition) is 1. The second-order valence-corrected chi connectivity index (χ2v) is 9.59. The molecule has 1 fully saturated rings. The van der Waals surface area contributed by atoms with Crippen molar-refractivity contribution in [1.29, 1.82) is 5.26 Å². The molecule has 0 aliphatic carbocycles. The molecule has 1 aliphatic heterocycles. The van der Waals surface area contributed by atoms with Crippen molar-refractivity contribution in [2.24, 2.45) is 5.92 Å². The summed E-state index contributed by atoms with van der Waals surface area (Å²) in [6, 6.07) is 4.20. The van der Waals surface area contributed by atoms with Gasteiger partial charge in [-0.05, 0) is 70.3 Å². The quantitative estimate of drug-likeness (QED) is 0.466. The van der Waals surface area contributed by atoms with Crippen LogP contribution in [0.4, 0.5) is 5.13 Å². The fraction of sp³-hybridized carbons (Fsp3) is 0.542. The third-order valence-electron chi connectivity index (χ3n) is 6.07. The third-order valence-corrected chi connectivity index (χ3v) is 6.88. The second kappa shape index (κ2) is 10.9. The summed E-state index contributed by atoms with van der Waals surface area (Å²) in [4.78, 5) is 19.7. The van der Waals surface area contributed by atoms with E-state index in [2.05, 4.69) is 33.6 Å². The van der Waals surface area contributed by atoms with Gasteiger partial charge in [0.25, 0.3) is 5.91 Å². The van der Waals surface area contributed by atoms with Gasteiger partial charge >= 0.3 is 0 Å². The molecule has 2 aromatic rings. The Morgan fingerprint density at radius 1 is 1.44 bits per heavy atom. The van der Waals surface area contributed by atoms with Gasteiger partial charge in [-0.15, -0.1) is 11.3 Å². The zero-order chi connectivity index (χ0) is 23.3. The minimum atomic E-state index is -0.435. The van der Waals surface area contributed by atoms with Gasteiger partial charge in [-0.2, -0.15) is 5.26 Å². The summed E-state index contributed by atoms with van der Waals surface area (Å²) >= 11 is 1.40. The first-order chi connectivity index (χ1) is 15.3. The molecule has 1 aliphatic rings. The molecule has 2 aromatic heterocycles. The Kier molecular flexibility index (Phi) is 8.24. The first kappa shape index (κ1) is 24.2. The number of carbonyl (C=O) groups excluding carboxylic acids is 1. The van der Waals surface area contributed by atoms with Gasteiger partial charge in [-0.3, -0.25) is 15.0 Å². The van der Waals surface area contributed by atoms with Crippen LogP contribution in [-0.2, 0) is 16.1 Å². The summed E-state index contributed by atoms with van der Waals surface area (Å²) in [6.07, 6.45) is 4.08. The van der Waals surface area contributed by atoms with E-state index >= 15 is 0 Å². The van der Waals surface area contributed by atoms with E-state index in [9.17, 15) is 10.1 Å². The van der Waals surface area contributed by atoms with Gasteiger partial charge in [0, 0.05) is 30.4 Å². The number of amides is 1. The van der Waals surface area contributed by atoms with Gasteiger partial charge in [-0.1, -0.05) is 6.92 Å². The lowest BCUT2D eigenvalue weighted by Crippen LogP contribution is -2.32. The van der Waals surface area contributed by atoms with Gasteiger partial charge in [0.05, 0.1) is 18.3 Å². The Hall–Kier alpha value is -2.47. The van der Waals surface area contributed by atoms with Crippen LogP contribution < -0.4 is 5.32 Å². The molecule has 3 heterocycles. The number of aryl methyl sites for hydroxylation is 1. The number of nitrogens with zero attached hydrogens (tertiary/aromatic N) is 4. The minimum Gasteiger partial charge on any atom is -0.383 e. The minimum absolute atomic E-state index is 0.0615. The molecule has 0 saturated carbocycles. The number of carbonyl (C=O) groups is 1. The molecule has 0 aromatic carbocycles. The van der Waals surface area contributed by atoms with E-state index in [1.54, 1.807) is 13.2 Å². The van der Waals surface area contributed by atoms with Crippen molar-refractivity contribution in [2.75, 3.05) is 32.1 Å². The Bertz CT molecular complexity index is 1010. The van der Waals surface area contributed by atoms with E-state index in [1.165, 1.54) is 24.2 Å². The molecule has 1 unspecified atom stereocenters. The molecule has 1 N–H and O–H groups in total. The molecular weight excluding hydrogens is 422 g/mol. The van der Waals surface area contributed by atoms with Crippen LogP contribution >= 0.6 is 11.3 Å². The van der Waals surface area contributed by atoms with E-state index in [1.807, 2.05) is 31.4 Å². The number of hydrogen-bond acceptors (Lipinski definition) is 6. The van der Waals surface area contributed by atoms with Crippen molar-refractivity contribution in [3.05, 3.63) is 39.7 Å². The van der Waals surface area contributed by atoms with Crippen molar-refractivity contribution in [1.82, 2.24) is 14.5 Å². The first-order valence-electron chi connectivity index (χ1n) is 11.1. The van der Waals surface area contributed by atoms with Crippen molar-refractivity contribution < 1.29 is 9.53 Å². The number of ether oxygens (including phenoxy) is 1. The summed E-state index contributed by atoms with van der Waals surface area (Å²) in [5.41, 5.74) is 3.94. The molecule has 8 heteroatoms. The average molecular weight is 456 g/mol. The highest BCUT2D eigenvalue weighted by molar-refractivity contribution is 7.14. The highest BCUT2D eigenvalue weighted by atomic mass is 32.1. The Labute approximate surface area is 194 Å². The van der Waals surface area contributed by atoms with Crippen LogP contribution in [-0.4, -0.2) is 47.2 Å². The fourth-order valence-corrected chi connectivity index (χ4v) is 4.99. The van der Waals surface area contributed by atoms with E-state index in [-0.39, 0.29) is 11.6 Å². The van der Waals surface area contributed by atoms with Crippen LogP contribution in [0, 0.1) is 31.1 Å². The van der Waals surface area contributed by atoms with Gasteiger partial charge in [-0.25, -0.2) is 4.98 Å². The molecule has 0 bridgehead atoms. The zero-order valence-corrected chi connectivity index (χ0v) is 20.5. The van der Waals surface area contributed by atoms with E-state index < -0.39 is 5.91 Å². The van der Waals surface area contributed by atoms with Gasteiger partial charge in [0.15, 0.2) is 5.13 Å². The summed E-state index contributed by atoms with van der Waals surface area (Å²) < 4.78 is 7.44. The molecule has 1 amide bonds. The maximum Gasteiger partial charge on any atom is 0.268 e. The second-order valence-electron chi connectivity index (χ2n) is 8.73. The van der Waals surface area contributed by atoms with Crippen molar-refractivity contribution in [2.45, 2.75) is 53.1 Å². The van der Waals surface area contributed by atoms with E-state index in [0.717, 1.165) is 48.2 Å². The summed E-state index contributed by atoms with van der Waals surface area (Å²) in [5, 5.41) is 14.9. The Balaban J connectivity index is 1.68. The first-order valence-corrected chi connectivity index (χ1v) is 12.0. The van der Waals surface area contributed by atoms with Gasteiger partial charge < -0.3 is 9.30 Å². The SMILES string of the molecule is COCC(C)n1c(C)cc(/C=C(\C#N)C(=O)Nc2nc(CN3CCC(C)CC3)cs2)c1C. The lowest BCUT2D eigenvalue weighted by molar-refractivity contribution is -0.112. The third kappa shape index (κ3) is 5.85. The molecule has 1 atom stereocenters. The van der Waals surface area contributed by atoms with Crippen LogP contribution in [0.2, 0.25) is 0 Å². The number of methoxy groups -OCH3 is 1. The van der Waals surface area contributed by atoms with Crippen LogP contribution in [0.3, 0.4) is 0 Å². The van der Waals surface area contributed by atoms with Gasteiger partial charge in [0.2, 0.25) is 0 Å². The maximum absolute atomic E-state index is 12.8. The van der Waals surface area contributed by atoms with E-state index in [0.29, 0.717) is 11.7 Å². The van der Waals surface area contributed by atoms with E-state index in [4.69, 9.17) is 4.74 Å². The number of aromatic nitrogens is 2. The number of piperidine rings is 1. The highest BCUT2D eigenvalue weighted by Gasteiger charge is 2.19. The predicted octanol–water partition coefficient (Wildman–Crippen LogP) is 4.55. The van der Waals surface area contributed by atoms with Crippen LogP contribution in [0.5, 0.6) is 0 Å². The van der Waals surface area contributed by atoms with Crippen LogP contribution in [0.25, 0.3) is 6.08 Å². The van der Waals surface area contributed by atoms with Crippen molar-refractivity contribution in [3.8, 4) is 6.07 Å². The normalized spacial score (nSPS) is 16.7.